The Morgan fingerprint density at radius 3 is 2.47 bits per heavy atom. The van der Waals surface area contributed by atoms with E-state index < -0.39 is 9.84 Å². The van der Waals surface area contributed by atoms with Crippen molar-refractivity contribution < 1.29 is 13.2 Å². The first-order valence-corrected chi connectivity index (χ1v) is 7.18. The van der Waals surface area contributed by atoms with Crippen LogP contribution >= 0.6 is 0 Å². The summed E-state index contributed by atoms with van der Waals surface area (Å²) in [7, 11) is -1.89. The molecule has 0 saturated heterocycles. The third kappa shape index (κ3) is 3.20. The third-order valence-electron chi connectivity index (χ3n) is 2.58. The predicted molar refractivity (Wildman–Crippen MR) is 68.2 cm³/mol. The highest BCUT2D eigenvalue weighted by Gasteiger charge is 2.19. The standard InChI is InChI=1S/C12H19NO3S/c1-9(2)10-4-5-11(16-3)12(8-10)17(14,15)7-6-13/h4-5,8-9H,6-7,13H2,1-3H3. The lowest BCUT2D eigenvalue weighted by Gasteiger charge is -2.12. The number of sulfone groups is 1. The molecule has 0 aliphatic rings. The summed E-state index contributed by atoms with van der Waals surface area (Å²) in [6.45, 7) is 4.14. The second-order valence-electron chi connectivity index (χ2n) is 4.17. The molecule has 0 aromatic heterocycles. The van der Waals surface area contributed by atoms with E-state index in [0.29, 0.717) is 5.75 Å². The fraction of sp³-hybridized carbons (Fsp3) is 0.500. The highest BCUT2D eigenvalue weighted by Crippen LogP contribution is 2.28. The molecule has 1 aromatic carbocycles. The molecule has 0 aliphatic carbocycles. The summed E-state index contributed by atoms with van der Waals surface area (Å²) in [6, 6.07) is 5.25. The van der Waals surface area contributed by atoms with Crippen LogP contribution in [0.1, 0.15) is 25.3 Å². The van der Waals surface area contributed by atoms with Gasteiger partial charge in [0, 0.05) is 6.54 Å². The fourth-order valence-corrected chi connectivity index (χ4v) is 2.86. The molecule has 2 N–H and O–H groups in total. The first kappa shape index (κ1) is 14.0. The van der Waals surface area contributed by atoms with Crippen molar-refractivity contribution in [2.75, 3.05) is 19.4 Å². The minimum absolute atomic E-state index is 0.0646. The van der Waals surface area contributed by atoms with Gasteiger partial charge in [0.1, 0.15) is 10.6 Å². The summed E-state index contributed by atoms with van der Waals surface area (Å²) >= 11 is 0. The zero-order valence-electron chi connectivity index (χ0n) is 10.4. The van der Waals surface area contributed by atoms with Gasteiger partial charge in [0.15, 0.2) is 9.84 Å². The van der Waals surface area contributed by atoms with E-state index in [9.17, 15) is 8.42 Å². The van der Waals surface area contributed by atoms with Crippen molar-refractivity contribution in [2.24, 2.45) is 5.73 Å². The average molecular weight is 257 g/mol. The van der Waals surface area contributed by atoms with Gasteiger partial charge in [-0.2, -0.15) is 0 Å². The van der Waals surface area contributed by atoms with Crippen LogP contribution < -0.4 is 10.5 Å². The molecular formula is C12H19NO3S. The number of methoxy groups -OCH3 is 1. The van der Waals surface area contributed by atoms with Crippen LogP contribution in [0, 0.1) is 0 Å². The van der Waals surface area contributed by atoms with E-state index in [1.165, 1.54) is 7.11 Å². The van der Waals surface area contributed by atoms with Crippen molar-refractivity contribution in [3.8, 4) is 5.75 Å². The highest BCUT2D eigenvalue weighted by molar-refractivity contribution is 7.91. The Balaban J connectivity index is 3.33. The molecule has 0 amide bonds. The number of rotatable bonds is 5. The highest BCUT2D eigenvalue weighted by atomic mass is 32.2. The maximum atomic E-state index is 12.0. The van der Waals surface area contributed by atoms with Gasteiger partial charge < -0.3 is 10.5 Å². The van der Waals surface area contributed by atoms with Crippen molar-refractivity contribution in [1.82, 2.24) is 0 Å². The first-order chi connectivity index (χ1) is 7.92. The number of benzene rings is 1. The van der Waals surface area contributed by atoms with Gasteiger partial charge in [-0.3, -0.25) is 0 Å². The van der Waals surface area contributed by atoms with E-state index in [2.05, 4.69) is 0 Å². The summed E-state index contributed by atoms with van der Waals surface area (Å²) in [6.07, 6.45) is 0. The lowest BCUT2D eigenvalue weighted by Crippen LogP contribution is -2.16. The normalized spacial score (nSPS) is 11.8. The second-order valence-corrected chi connectivity index (χ2v) is 6.25. The van der Waals surface area contributed by atoms with Crippen LogP contribution in [0.25, 0.3) is 0 Å². The maximum Gasteiger partial charge on any atom is 0.183 e. The van der Waals surface area contributed by atoms with Crippen molar-refractivity contribution in [2.45, 2.75) is 24.7 Å². The lowest BCUT2D eigenvalue weighted by molar-refractivity contribution is 0.402. The van der Waals surface area contributed by atoms with Gasteiger partial charge in [-0.25, -0.2) is 8.42 Å². The van der Waals surface area contributed by atoms with E-state index in [-0.39, 0.29) is 23.1 Å². The monoisotopic (exact) mass is 257 g/mol. The third-order valence-corrected chi connectivity index (χ3v) is 4.34. The zero-order chi connectivity index (χ0) is 13.1. The second kappa shape index (κ2) is 5.51. The van der Waals surface area contributed by atoms with Gasteiger partial charge in [-0.05, 0) is 23.6 Å². The predicted octanol–water partition coefficient (Wildman–Crippen LogP) is 1.55. The molecule has 1 aromatic rings. The van der Waals surface area contributed by atoms with Crippen molar-refractivity contribution in [1.29, 1.82) is 0 Å². The minimum Gasteiger partial charge on any atom is -0.495 e. The van der Waals surface area contributed by atoms with Crippen molar-refractivity contribution in [3.05, 3.63) is 23.8 Å². The molecule has 5 heteroatoms. The van der Waals surface area contributed by atoms with Crippen LogP contribution in [0.4, 0.5) is 0 Å². The molecule has 0 heterocycles. The molecular weight excluding hydrogens is 238 g/mol. The van der Waals surface area contributed by atoms with E-state index in [1.54, 1.807) is 12.1 Å². The molecule has 0 aliphatic heterocycles. The van der Waals surface area contributed by atoms with Crippen LogP contribution in [-0.2, 0) is 9.84 Å². The Kier molecular flexibility index (Phi) is 4.54. The topological polar surface area (TPSA) is 69.4 Å². The molecule has 0 atom stereocenters. The van der Waals surface area contributed by atoms with Crippen molar-refractivity contribution in [3.63, 3.8) is 0 Å². The van der Waals surface area contributed by atoms with Gasteiger partial charge in [-0.1, -0.05) is 19.9 Å². The maximum absolute atomic E-state index is 12.0. The van der Waals surface area contributed by atoms with Gasteiger partial charge >= 0.3 is 0 Å². The summed E-state index contributed by atoms with van der Waals surface area (Å²) in [4.78, 5) is 0.233. The Labute approximate surface area is 103 Å². The molecule has 0 spiro atoms. The average Bonchev–Trinajstić information content (AvgIpc) is 2.28. The van der Waals surface area contributed by atoms with Crippen molar-refractivity contribution >= 4 is 9.84 Å². The van der Waals surface area contributed by atoms with Crippen LogP contribution in [0.2, 0.25) is 0 Å². The molecule has 0 unspecified atom stereocenters. The summed E-state index contributed by atoms with van der Waals surface area (Å²) in [5, 5.41) is 0. The van der Waals surface area contributed by atoms with Crippen LogP contribution in [0.3, 0.4) is 0 Å². The van der Waals surface area contributed by atoms with E-state index in [4.69, 9.17) is 10.5 Å². The lowest BCUT2D eigenvalue weighted by atomic mass is 10.0. The molecule has 96 valence electrons. The number of nitrogens with two attached hydrogens (primary N) is 1. The van der Waals surface area contributed by atoms with Gasteiger partial charge in [0.2, 0.25) is 0 Å². The number of hydrogen-bond acceptors (Lipinski definition) is 4. The Bertz CT molecular complexity index is 481. The van der Waals surface area contributed by atoms with E-state index in [1.807, 2.05) is 19.9 Å². The molecule has 0 radical (unpaired) electrons. The van der Waals surface area contributed by atoms with Gasteiger partial charge in [0.25, 0.3) is 0 Å². The summed E-state index contributed by atoms with van der Waals surface area (Å²) < 4.78 is 29.1. The minimum atomic E-state index is -3.36. The molecule has 0 saturated carbocycles. The van der Waals surface area contributed by atoms with E-state index in [0.717, 1.165) is 5.56 Å². The summed E-state index contributed by atoms with van der Waals surface area (Å²) in [5.74, 6) is 0.584. The Morgan fingerprint density at radius 1 is 1.35 bits per heavy atom. The van der Waals surface area contributed by atoms with Crippen LogP contribution in [0.5, 0.6) is 5.75 Å². The molecule has 1 rings (SSSR count). The SMILES string of the molecule is COc1ccc(C(C)C)cc1S(=O)(=O)CCN. The number of hydrogen-bond donors (Lipinski definition) is 1. The van der Waals surface area contributed by atoms with Crippen LogP contribution in [0.15, 0.2) is 23.1 Å². The first-order valence-electron chi connectivity index (χ1n) is 5.53. The Hall–Kier alpha value is -1.07. The van der Waals surface area contributed by atoms with Gasteiger partial charge in [-0.15, -0.1) is 0 Å². The molecule has 4 nitrogen and oxygen atoms in total. The summed E-state index contributed by atoms with van der Waals surface area (Å²) in [5.41, 5.74) is 6.29. The Morgan fingerprint density at radius 2 is 2.00 bits per heavy atom. The molecule has 0 bridgehead atoms. The molecule has 0 fully saturated rings. The van der Waals surface area contributed by atoms with Gasteiger partial charge in [0.05, 0.1) is 12.9 Å². The fourth-order valence-electron chi connectivity index (χ4n) is 1.56. The molecule has 17 heavy (non-hydrogen) atoms. The largest absolute Gasteiger partial charge is 0.495 e. The quantitative estimate of drug-likeness (QED) is 0.869. The van der Waals surface area contributed by atoms with E-state index >= 15 is 0 Å². The smallest absolute Gasteiger partial charge is 0.183 e. The zero-order valence-corrected chi connectivity index (χ0v) is 11.3. The van der Waals surface area contributed by atoms with Crippen LogP contribution in [-0.4, -0.2) is 27.8 Å². The number of ether oxygens (including phenoxy) is 1.